The predicted octanol–water partition coefficient (Wildman–Crippen LogP) is 3.60. The molecule has 0 spiro atoms. The molecule has 1 aromatic heterocycles. The molecule has 142 valence electrons. The second-order valence-corrected chi connectivity index (χ2v) is 7.12. The molecule has 0 fully saturated rings. The lowest BCUT2D eigenvalue weighted by atomic mass is 10.1. The molecule has 1 unspecified atom stereocenters. The van der Waals surface area contributed by atoms with Crippen LogP contribution in [0.3, 0.4) is 0 Å². The number of halogens is 1. The van der Waals surface area contributed by atoms with Crippen LogP contribution in [0.1, 0.15) is 41.4 Å². The van der Waals surface area contributed by atoms with E-state index in [9.17, 15) is 9.59 Å². The number of carbonyl (C=O) groups excluding carboxylic acids is 2. The summed E-state index contributed by atoms with van der Waals surface area (Å²) in [4.78, 5) is 25.4. The number of nitrogens with two attached hydrogens (primary N) is 1. The van der Waals surface area contributed by atoms with Crippen LogP contribution in [0.5, 0.6) is 0 Å². The molecule has 0 saturated carbocycles. The van der Waals surface area contributed by atoms with E-state index in [0.29, 0.717) is 24.2 Å². The topological polar surface area (TPSA) is 84.2 Å². The molecule has 0 bridgehead atoms. The summed E-state index contributed by atoms with van der Waals surface area (Å²) < 4.78 is 0. The first-order chi connectivity index (χ1) is 12.0. The Morgan fingerprint density at radius 3 is 2.73 bits per heavy atom. The average molecular weight is 396 g/mol. The SMILES string of the molecule is CC(N)CCNC(=O)c1cccc(NC(=O)CCCc2cccs2)c1.Cl. The molecule has 0 saturated heterocycles. The highest BCUT2D eigenvalue weighted by Crippen LogP contribution is 2.14. The third-order valence-corrected chi connectivity index (χ3v) is 4.64. The molecule has 2 aromatic rings. The van der Waals surface area contributed by atoms with E-state index in [0.717, 1.165) is 19.3 Å². The van der Waals surface area contributed by atoms with Crippen LogP contribution >= 0.6 is 23.7 Å². The van der Waals surface area contributed by atoms with Crippen molar-refractivity contribution in [2.75, 3.05) is 11.9 Å². The first-order valence-electron chi connectivity index (χ1n) is 8.50. The summed E-state index contributed by atoms with van der Waals surface area (Å²) in [5.41, 5.74) is 6.84. The largest absolute Gasteiger partial charge is 0.352 e. The summed E-state index contributed by atoms with van der Waals surface area (Å²) in [6.07, 6.45) is 2.91. The quantitative estimate of drug-likeness (QED) is 0.606. The molecular formula is C19H26ClN3O2S. The maximum Gasteiger partial charge on any atom is 0.251 e. The van der Waals surface area contributed by atoms with Crippen LogP contribution in [-0.4, -0.2) is 24.4 Å². The normalized spacial score (nSPS) is 11.3. The fourth-order valence-corrected chi connectivity index (χ4v) is 3.11. The maximum absolute atomic E-state index is 12.1. The van der Waals surface area contributed by atoms with E-state index in [1.54, 1.807) is 35.6 Å². The summed E-state index contributed by atoms with van der Waals surface area (Å²) in [7, 11) is 0. The maximum atomic E-state index is 12.1. The van der Waals surface area contributed by atoms with Crippen LogP contribution in [0.15, 0.2) is 41.8 Å². The van der Waals surface area contributed by atoms with Gasteiger partial charge >= 0.3 is 0 Å². The Morgan fingerprint density at radius 2 is 2.04 bits per heavy atom. The van der Waals surface area contributed by atoms with E-state index in [4.69, 9.17) is 5.73 Å². The van der Waals surface area contributed by atoms with Gasteiger partial charge in [-0.1, -0.05) is 12.1 Å². The number of amides is 2. The molecule has 1 atom stereocenters. The van der Waals surface area contributed by atoms with E-state index in [1.807, 2.05) is 18.4 Å². The lowest BCUT2D eigenvalue weighted by Crippen LogP contribution is -2.29. The lowest BCUT2D eigenvalue weighted by Gasteiger charge is -2.09. The van der Waals surface area contributed by atoms with Gasteiger partial charge in [0.05, 0.1) is 0 Å². The Hall–Kier alpha value is -1.89. The smallest absolute Gasteiger partial charge is 0.251 e. The Morgan fingerprint density at radius 1 is 1.23 bits per heavy atom. The molecule has 26 heavy (non-hydrogen) atoms. The summed E-state index contributed by atoms with van der Waals surface area (Å²) in [5.74, 6) is -0.194. The Balaban J connectivity index is 0.00000338. The minimum atomic E-state index is -0.158. The summed E-state index contributed by atoms with van der Waals surface area (Å²) >= 11 is 1.71. The van der Waals surface area contributed by atoms with Crippen molar-refractivity contribution in [1.82, 2.24) is 5.32 Å². The van der Waals surface area contributed by atoms with Crippen LogP contribution in [0.2, 0.25) is 0 Å². The number of nitrogens with one attached hydrogen (secondary N) is 2. The van der Waals surface area contributed by atoms with Gasteiger partial charge in [-0.05, 0) is 55.8 Å². The minimum Gasteiger partial charge on any atom is -0.352 e. The van der Waals surface area contributed by atoms with E-state index in [1.165, 1.54) is 4.88 Å². The van der Waals surface area contributed by atoms with Gasteiger partial charge in [-0.2, -0.15) is 0 Å². The predicted molar refractivity (Wildman–Crippen MR) is 110 cm³/mol. The number of anilines is 1. The zero-order valence-corrected chi connectivity index (χ0v) is 16.5. The highest BCUT2D eigenvalue weighted by Gasteiger charge is 2.08. The molecule has 5 nitrogen and oxygen atoms in total. The Kier molecular flexibility index (Phi) is 9.95. The van der Waals surface area contributed by atoms with Crippen molar-refractivity contribution < 1.29 is 9.59 Å². The highest BCUT2D eigenvalue weighted by molar-refractivity contribution is 7.09. The zero-order chi connectivity index (χ0) is 18.1. The van der Waals surface area contributed by atoms with Crippen molar-refractivity contribution in [1.29, 1.82) is 0 Å². The van der Waals surface area contributed by atoms with Crippen LogP contribution in [0.4, 0.5) is 5.69 Å². The fraction of sp³-hybridized carbons (Fsp3) is 0.368. The first-order valence-corrected chi connectivity index (χ1v) is 9.38. The van der Waals surface area contributed by atoms with Crippen molar-refractivity contribution in [2.45, 2.75) is 38.6 Å². The fourth-order valence-electron chi connectivity index (χ4n) is 2.36. The average Bonchev–Trinajstić information content (AvgIpc) is 3.08. The molecule has 1 heterocycles. The molecule has 1 aromatic carbocycles. The molecule has 0 aliphatic carbocycles. The lowest BCUT2D eigenvalue weighted by molar-refractivity contribution is -0.116. The second-order valence-electron chi connectivity index (χ2n) is 6.08. The van der Waals surface area contributed by atoms with Gasteiger partial charge in [0.15, 0.2) is 0 Å². The summed E-state index contributed by atoms with van der Waals surface area (Å²) in [6.45, 7) is 2.44. The van der Waals surface area contributed by atoms with Crippen molar-refractivity contribution in [3.05, 3.63) is 52.2 Å². The van der Waals surface area contributed by atoms with Gasteiger partial charge in [-0.25, -0.2) is 0 Å². The van der Waals surface area contributed by atoms with Crippen LogP contribution in [-0.2, 0) is 11.2 Å². The number of hydrogen-bond acceptors (Lipinski definition) is 4. The number of carbonyl (C=O) groups is 2. The van der Waals surface area contributed by atoms with Crippen molar-refractivity contribution in [3.8, 4) is 0 Å². The number of rotatable bonds is 9. The molecular weight excluding hydrogens is 370 g/mol. The number of aryl methyl sites for hydroxylation is 1. The second kappa shape index (κ2) is 11.7. The van der Waals surface area contributed by atoms with Gasteiger partial charge in [-0.15, -0.1) is 23.7 Å². The molecule has 7 heteroatoms. The van der Waals surface area contributed by atoms with Gasteiger partial charge in [0.2, 0.25) is 5.91 Å². The Bertz CT molecular complexity index is 690. The van der Waals surface area contributed by atoms with Gasteiger partial charge < -0.3 is 16.4 Å². The number of hydrogen-bond donors (Lipinski definition) is 3. The third-order valence-electron chi connectivity index (χ3n) is 3.70. The number of thiophene rings is 1. The van der Waals surface area contributed by atoms with Gasteiger partial charge in [0.1, 0.15) is 0 Å². The standard InChI is InChI=1S/C19H25N3O2S.ClH/c1-14(20)10-11-21-19(24)15-5-2-6-16(13-15)22-18(23)9-3-7-17-8-4-12-25-17;/h2,4-6,8,12-14H,3,7,9-11,20H2,1H3,(H,21,24)(H,22,23);1H. The van der Waals surface area contributed by atoms with E-state index in [-0.39, 0.29) is 30.3 Å². The molecule has 4 N–H and O–H groups in total. The molecule has 0 aliphatic heterocycles. The summed E-state index contributed by atoms with van der Waals surface area (Å²) in [5, 5.41) is 7.73. The monoisotopic (exact) mass is 395 g/mol. The highest BCUT2D eigenvalue weighted by atomic mass is 35.5. The molecule has 0 aliphatic rings. The van der Waals surface area contributed by atoms with Gasteiger partial charge in [0, 0.05) is 35.1 Å². The summed E-state index contributed by atoms with van der Waals surface area (Å²) in [6, 6.07) is 11.1. The van der Waals surface area contributed by atoms with E-state index < -0.39 is 0 Å². The van der Waals surface area contributed by atoms with E-state index >= 15 is 0 Å². The zero-order valence-electron chi connectivity index (χ0n) is 14.9. The van der Waals surface area contributed by atoms with Crippen molar-refractivity contribution in [3.63, 3.8) is 0 Å². The minimum absolute atomic E-state index is 0. The van der Waals surface area contributed by atoms with Crippen molar-refractivity contribution in [2.24, 2.45) is 5.73 Å². The number of benzene rings is 1. The van der Waals surface area contributed by atoms with Crippen LogP contribution in [0.25, 0.3) is 0 Å². The molecule has 2 amide bonds. The Labute approximate surface area is 164 Å². The van der Waals surface area contributed by atoms with E-state index in [2.05, 4.69) is 16.7 Å². The van der Waals surface area contributed by atoms with Crippen molar-refractivity contribution >= 4 is 41.2 Å². The van der Waals surface area contributed by atoms with Gasteiger partial charge in [-0.3, -0.25) is 9.59 Å². The molecule has 0 radical (unpaired) electrons. The van der Waals surface area contributed by atoms with Gasteiger partial charge in [0.25, 0.3) is 5.91 Å². The molecule has 2 rings (SSSR count). The van der Waals surface area contributed by atoms with Crippen LogP contribution in [0, 0.1) is 0 Å². The first kappa shape index (κ1) is 22.2. The van der Waals surface area contributed by atoms with Crippen LogP contribution < -0.4 is 16.4 Å². The third kappa shape index (κ3) is 7.99.